The van der Waals surface area contributed by atoms with Crippen molar-refractivity contribution in [3.63, 3.8) is 0 Å². The number of benzene rings is 2. The lowest BCUT2D eigenvalue weighted by Gasteiger charge is -2.36. The average molecular weight is 647 g/mol. The molecular weight excluding hydrogens is 609 g/mol. The molecule has 6 rings (SSSR count). The summed E-state index contributed by atoms with van der Waals surface area (Å²) in [6, 6.07) is 14.1. The topological polar surface area (TPSA) is 110 Å². The van der Waals surface area contributed by atoms with Crippen molar-refractivity contribution in [2.75, 3.05) is 31.2 Å². The van der Waals surface area contributed by atoms with Gasteiger partial charge in [0.25, 0.3) is 0 Å². The van der Waals surface area contributed by atoms with Crippen LogP contribution in [0.1, 0.15) is 56.6 Å². The van der Waals surface area contributed by atoms with Crippen LogP contribution in [0.25, 0.3) is 0 Å². The van der Waals surface area contributed by atoms with Gasteiger partial charge < -0.3 is 38.7 Å². The van der Waals surface area contributed by atoms with Crippen LogP contribution in [0.3, 0.4) is 0 Å². The summed E-state index contributed by atoms with van der Waals surface area (Å²) in [4.78, 5) is 16.7. The highest BCUT2D eigenvalue weighted by Gasteiger charge is 2.32. The number of aromatic nitrogens is 2. The van der Waals surface area contributed by atoms with E-state index < -0.39 is 11.3 Å². The Balaban J connectivity index is 0.996. The molecule has 0 bridgehead atoms. The average Bonchev–Trinajstić information content (AvgIpc) is 3.49. The predicted molar refractivity (Wildman–Crippen MR) is 160 cm³/mol. The summed E-state index contributed by atoms with van der Waals surface area (Å²) < 4.78 is 67.6. The monoisotopic (exact) mass is 646 g/mol. The highest BCUT2D eigenvalue weighted by molar-refractivity contribution is 5.49. The van der Waals surface area contributed by atoms with E-state index in [1.807, 2.05) is 24.3 Å². The number of ether oxygens (including phenoxy) is 5. The summed E-state index contributed by atoms with van der Waals surface area (Å²) in [6.45, 7) is 3.25. The lowest BCUT2D eigenvalue weighted by atomic mass is 9.88. The van der Waals surface area contributed by atoms with Gasteiger partial charge in [0.2, 0.25) is 0 Å². The Kier molecular flexibility index (Phi) is 9.83. The van der Waals surface area contributed by atoms with Gasteiger partial charge in [-0.15, -0.1) is 13.2 Å². The Morgan fingerprint density at radius 3 is 2.39 bits per heavy atom. The van der Waals surface area contributed by atoms with Crippen molar-refractivity contribution >= 4 is 11.5 Å². The zero-order valence-electron chi connectivity index (χ0n) is 25.3. The molecule has 3 atom stereocenters. The minimum atomic E-state index is -4.74. The van der Waals surface area contributed by atoms with E-state index in [-0.39, 0.29) is 36.1 Å². The molecule has 14 heteroatoms. The number of aryl methyl sites for hydroxylation is 1. The summed E-state index contributed by atoms with van der Waals surface area (Å²) >= 11 is 0. The first-order valence-corrected chi connectivity index (χ1v) is 15.7. The van der Waals surface area contributed by atoms with Gasteiger partial charge >= 0.3 is 18.2 Å². The molecule has 2 unspecified atom stereocenters. The molecule has 0 saturated carbocycles. The van der Waals surface area contributed by atoms with Crippen LogP contribution in [-0.4, -0.2) is 59.5 Å². The van der Waals surface area contributed by atoms with Gasteiger partial charge in [-0.2, -0.15) is 0 Å². The first kappa shape index (κ1) is 31.9. The summed E-state index contributed by atoms with van der Waals surface area (Å²) in [5, 5.41) is 11.0. The van der Waals surface area contributed by atoms with Crippen molar-refractivity contribution in [3.8, 4) is 17.5 Å². The number of imidazole rings is 1. The molecular formula is C32H37F3N4O7. The van der Waals surface area contributed by atoms with Crippen molar-refractivity contribution in [1.29, 1.82) is 0 Å². The van der Waals surface area contributed by atoms with Crippen molar-refractivity contribution in [3.05, 3.63) is 70.4 Å². The molecule has 2 aromatic carbocycles. The molecule has 46 heavy (non-hydrogen) atoms. The van der Waals surface area contributed by atoms with Gasteiger partial charge in [0, 0.05) is 43.3 Å². The molecule has 0 radical (unpaired) electrons. The normalized spacial score (nSPS) is 21.2. The van der Waals surface area contributed by atoms with Gasteiger partial charge in [-0.25, -0.2) is 0 Å². The minimum Gasteiger partial charge on any atom is -0.490 e. The minimum absolute atomic E-state index is 0.230. The number of fused-ring (bicyclic) bond motifs is 1. The predicted octanol–water partition coefficient (Wildman–Crippen LogP) is 6.81. The van der Waals surface area contributed by atoms with Gasteiger partial charge in [0.1, 0.15) is 30.4 Å². The van der Waals surface area contributed by atoms with Gasteiger partial charge in [-0.05, 0) is 91.3 Å². The van der Waals surface area contributed by atoms with E-state index in [0.29, 0.717) is 37.8 Å². The molecule has 11 nitrogen and oxygen atoms in total. The van der Waals surface area contributed by atoms with Crippen LogP contribution in [0, 0.1) is 16.0 Å². The Bertz CT molecular complexity index is 1440. The molecule has 0 N–H and O–H groups in total. The van der Waals surface area contributed by atoms with Crippen LogP contribution < -0.4 is 19.1 Å². The number of hydrogen-bond acceptors (Lipinski definition) is 9. The number of alkyl halides is 3. The molecule has 0 amide bonds. The third-order valence-electron chi connectivity index (χ3n) is 8.62. The third kappa shape index (κ3) is 8.40. The van der Waals surface area contributed by atoms with E-state index in [2.05, 4.69) is 14.6 Å². The standard InChI is InChI=1S/C32H37F3N4O7/c33-32(34,35)46-26-8-4-23(5-9-26)28(45-30-3-1-2-18-42-30)19-22-12-15-37(16-13-22)24-6-10-25(11-7-24)43-21-27-14-17-38-20-29(39(40)41)36-31(38)44-27/h4-11,20,22,27-28,30H,1-3,12-19,21H2/t27-,28?,30?/m1/s1. The number of anilines is 1. The lowest BCUT2D eigenvalue weighted by Crippen LogP contribution is -2.34. The van der Waals surface area contributed by atoms with Crippen molar-refractivity contribution < 1.29 is 41.8 Å². The number of nitrogens with zero attached hydrogens (tertiary/aromatic N) is 4. The van der Waals surface area contributed by atoms with Gasteiger partial charge in [0.05, 0.1) is 6.10 Å². The highest BCUT2D eigenvalue weighted by atomic mass is 19.4. The number of piperidine rings is 1. The number of hydrogen-bond donors (Lipinski definition) is 0. The molecule has 248 valence electrons. The lowest BCUT2D eigenvalue weighted by molar-refractivity contribution is -0.389. The molecule has 2 saturated heterocycles. The first-order valence-electron chi connectivity index (χ1n) is 15.7. The smallest absolute Gasteiger partial charge is 0.490 e. The summed E-state index contributed by atoms with van der Waals surface area (Å²) in [5.74, 6) is 0.605. The zero-order valence-corrected chi connectivity index (χ0v) is 25.3. The van der Waals surface area contributed by atoms with Crippen LogP contribution >= 0.6 is 0 Å². The van der Waals surface area contributed by atoms with Gasteiger partial charge in [-0.1, -0.05) is 12.1 Å². The second-order valence-electron chi connectivity index (χ2n) is 11.9. The second kappa shape index (κ2) is 14.2. The summed E-state index contributed by atoms with van der Waals surface area (Å²) in [6.07, 6.45) is 1.90. The molecule has 1 aromatic heterocycles. The van der Waals surface area contributed by atoms with Crippen LogP contribution in [0.4, 0.5) is 24.7 Å². The van der Waals surface area contributed by atoms with Crippen molar-refractivity contribution in [2.24, 2.45) is 5.92 Å². The Hall–Kier alpha value is -4.04. The fourth-order valence-corrected chi connectivity index (χ4v) is 6.16. The van der Waals surface area contributed by atoms with E-state index in [0.717, 1.165) is 62.9 Å². The fraction of sp³-hybridized carbons (Fsp3) is 0.531. The van der Waals surface area contributed by atoms with E-state index in [1.54, 1.807) is 16.7 Å². The Morgan fingerprint density at radius 1 is 0.978 bits per heavy atom. The molecule has 3 aromatic rings. The van der Waals surface area contributed by atoms with Crippen LogP contribution in [-0.2, 0) is 16.0 Å². The maximum atomic E-state index is 12.7. The molecule has 0 spiro atoms. The van der Waals surface area contributed by atoms with E-state index in [4.69, 9.17) is 18.9 Å². The SMILES string of the molecule is O=[N+]([O-])c1cn2c(n1)O[C@@H](COc1ccc(N3CCC(CC(OC4CCCCO4)c4ccc(OC(F)(F)F)cc4)CC3)cc1)CC2. The number of halogens is 3. The summed E-state index contributed by atoms with van der Waals surface area (Å²) in [5.41, 5.74) is 1.91. The zero-order chi connectivity index (χ0) is 32.1. The molecule has 3 aliphatic rings. The Morgan fingerprint density at radius 2 is 1.72 bits per heavy atom. The highest BCUT2D eigenvalue weighted by Crippen LogP contribution is 2.36. The maximum Gasteiger partial charge on any atom is 0.573 e. The van der Waals surface area contributed by atoms with Crippen LogP contribution in [0.5, 0.6) is 17.5 Å². The largest absolute Gasteiger partial charge is 0.573 e. The van der Waals surface area contributed by atoms with Gasteiger partial charge in [-0.3, -0.25) is 4.57 Å². The number of rotatable bonds is 11. The van der Waals surface area contributed by atoms with Crippen LogP contribution in [0.15, 0.2) is 54.7 Å². The second-order valence-corrected chi connectivity index (χ2v) is 11.9. The Labute approximate surface area is 264 Å². The van der Waals surface area contributed by atoms with E-state index in [9.17, 15) is 23.3 Å². The van der Waals surface area contributed by atoms with E-state index in [1.165, 1.54) is 18.3 Å². The molecule has 2 fully saturated rings. The summed E-state index contributed by atoms with van der Waals surface area (Å²) in [7, 11) is 0. The maximum absolute atomic E-state index is 12.7. The fourth-order valence-electron chi connectivity index (χ4n) is 6.16. The molecule has 4 heterocycles. The first-order chi connectivity index (χ1) is 22.2. The third-order valence-corrected chi connectivity index (χ3v) is 8.62. The van der Waals surface area contributed by atoms with Crippen LogP contribution in [0.2, 0.25) is 0 Å². The number of nitro groups is 1. The van der Waals surface area contributed by atoms with E-state index >= 15 is 0 Å². The van der Waals surface area contributed by atoms with Crippen molar-refractivity contribution in [2.45, 2.75) is 76.4 Å². The van der Waals surface area contributed by atoms with Crippen molar-refractivity contribution in [1.82, 2.24) is 9.55 Å². The van der Waals surface area contributed by atoms with Gasteiger partial charge in [0.15, 0.2) is 6.29 Å². The molecule has 3 aliphatic heterocycles. The molecule has 0 aliphatic carbocycles. The quantitative estimate of drug-likeness (QED) is 0.164.